The van der Waals surface area contributed by atoms with E-state index in [0.29, 0.717) is 0 Å². The molecule has 0 unspecified atom stereocenters. The average Bonchev–Trinajstić information content (AvgIpc) is 2.48. The number of nitrogens with zero attached hydrogens (tertiary/aromatic N) is 3. The van der Waals surface area contributed by atoms with Crippen LogP contribution in [0, 0.1) is 0 Å². The molecule has 0 amide bonds. The Labute approximate surface area is 121 Å². The molecular weight excluding hydrogens is 246 g/mol. The molecule has 0 aliphatic carbocycles. The summed E-state index contributed by atoms with van der Waals surface area (Å²) in [5, 5.41) is 0. The minimum absolute atomic E-state index is 0.967. The normalized spacial score (nSPS) is 10.8. The molecule has 0 saturated carbocycles. The number of rotatable bonds is 6. The molecule has 1 aromatic heterocycles. The highest BCUT2D eigenvalue weighted by Gasteiger charge is 2.05. The van der Waals surface area contributed by atoms with Gasteiger partial charge < -0.3 is 4.90 Å². The van der Waals surface area contributed by atoms with Crippen LogP contribution in [0.4, 0.5) is 5.69 Å². The summed E-state index contributed by atoms with van der Waals surface area (Å²) in [6, 6.07) is 12.9. The van der Waals surface area contributed by atoms with Crippen LogP contribution in [-0.2, 0) is 13.1 Å². The Balaban J connectivity index is 1.99. The van der Waals surface area contributed by atoms with E-state index in [1.807, 2.05) is 12.4 Å². The van der Waals surface area contributed by atoms with E-state index in [9.17, 15) is 0 Å². The van der Waals surface area contributed by atoms with Gasteiger partial charge in [-0.1, -0.05) is 19.1 Å². The van der Waals surface area contributed by atoms with Crippen LogP contribution in [0.3, 0.4) is 0 Å². The van der Waals surface area contributed by atoms with Crippen LogP contribution in [0.1, 0.15) is 18.1 Å². The molecule has 0 bridgehead atoms. The molecule has 1 aromatic carbocycles. The van der Waals surface area contributed by atoms with Crippen LogP contribution in [0.5, 0.6) is 0 Å². The summed E-state index contributed by atoms with van der Waals surface area (Å²) >= 11 is 0. The van der Waals surface area contributed by atoms with Crippen molar-refractivity contribution in [1.82, 2.24) is 9.88 Å². The molecule has 3 heteroatoms. The monoisotopic (exact) mass is 269 g/mol. The Morgan fingerprint density at radius 1 is 0.850 bits per heavy atom. The van der Waals surface area contributed by atoms with Crippen LogP contribution < -0.4 is 4.90 Å². The summed E-state index contributed by atoms with van der Waals surface area (Å²) in [6.45, 7) is 5.19. The Morgan fingerprint density at radius 2 is 1.40 bits per heavy atom. The summed E-state index contributed by atoms with van der Waals surface area (Å²) in [4.78, 5) is 8.62. The fourth-order valence-corrected chi connectivity index (χ4v) is 2.18. The van der Waals surface area contributed by atoms with Crippen LogP contribution in [-0.4, -0.2) is 30.5 Å². The van der Waals surface area contributed by atoms with E-state index in [0.717, 1.165) is 19.6 Å². The zero-order chi connectivity index (χ0) is 14.4. The van der Waals surface area contributed by atoms with Crippen molar-refractivity contribution in [2.75, 3.05) is 25.5 Å². The van der Waals surface area contributed by atoms with Gasteiger partial charge in [0.25, 0.3) is 0 Å². The molecule has 0 aliphatic rings. The SMILES string of the molecule is CCN(Cc1ccncc1)Cc1ccc(N(C)C)cc1. The first-order valence-electron chi connectivity index (χ1n) is 7.06. The summed E-state index contributed by atoms with van der Waals surface area (Å²) in [6.07, 6.45) is 3.71. The molecule has 106 valence electrons. The van der Waals surface area contributed by atoms with Crippen molar-refractivity contribution in [3.63, 3.8) is 0 Å². The van der Waals surface area contributed by atoms with Gasteiger partial charge in [0.05, 0.1) is 0 Å². The number of aromatic nitrogens is 1. The third kappa shape index (κ3) is 4.07. The predicted octanol–water partition coefficient (Wildman–Crippen LogP) is 3.17. The predicted molar refractivity (Wildman–Crippen MR) is 84.8 cm³/mol. The van der Waals surface area contributed by atoms with Crippen molar-refractivity contribution in [1.29, 1.82) is 0 Å². The van der Waals surface area contributed by atoms with Gasteiger partial charge in [-0.2, -0.15) is 0 Å². The molecule has 0 N–H and O–H groups in total. The van der Waals surface area contributed by atoms with Crippen molar-refractivity contribution in [3.8, 4) is 0 Å². The van der Waals surface area contributed by atoms with Gasteiger partial charge in [-0.15, -0.1) is 0 Å². The molecule has 3 nitrogen and oxygen atoms in total. The Hall–Kier alpha value is -1.87. The molecular formula is C17H23N3. The first kappa shape index (κ1) is 14.5. The van der Waals surface area contributed by atoms with Gasteiger partial charge in [-0.05, 0) is 41.9 Å². The average molecular weight is 269 g/mol. The zero-order valence-corrected chi connectivity index (χ0v) is 12.6. The number of hydrogen-bond donors (Lipinski definition) is 0. The van der Waals surface area contributed by atoms with Crippen LogP contribution in [0.2, 0.25) is 0 Å². The van der Waals surface area contributed by atoms with E-state index in [1.165, 1.54) is 16.8 Å². The van der Waals surface area contributed by atoms with Gasteiger partial charge in [0.15, 0.2) is 0 Å². The maximum Gasteiger partial charge on any atom is 0.0361 e. The second kappa shape index (κ2) is 7.06. The molecule has 0 saturated heterocycles. The van der Waals surface area contributed by atoms with E-state index in [4.69, 9.17) is 0 Å². The lowest BCUT2D eigenvalue weighted by atomic mass is 10.1. The fraction of sp³-hybridized carbons (Fsp3) is 0.353. The largest absolute Gasteiger partial charge is 0.378 e. The van der Waals surface area contributed by atoms with Crippen molar-refractivity contribution < 1.29 is 0 Å². The molecule has 2 rings (SSSR count). The lowest BCUT2D eigenvalue weighted by Crippen LogP contribution is -2.22. The van der Waals surface area contributed by atoms with Crippen molar-refractivity contribution in [3.05, 3.63) is 59.9 Å². The first-order valence-corrected chi connectivity index (χ1v) is 7.06. The molecule has 0 atom stereocenters. The van der Waals surface area contributed by atoms with E-state index < -0.39 is 0 Å². The Kier molecular flexibility index (Phi) is 5.13. The van der Waals surface area contributed by atoms with Crippen LogP contribution in [0.15, 0.2) is 48.8 Å². The lowest BCUT2D eigenvalue weighted by molar-refractivity contribution is 0.271. The summed E-state index contributed by atoms with van der Waals surface area (Å²) < 4.78 is 0. The fourth-order valence-electron chi connectivity index (χ4n) is 2.18. The highest BCUT2D eigenvalue weighted by molar-refractivity contribution is 5.45. The minimum Gasteiger partial charge on any atom is -0.378 e. The van der Waals surface area contributed by atoms with Crippen molar-refractivity contribution in [2.45, 2.75) is 20.0 Å². The smallest absolute Gasteiger partial charge is 0.0361 e. The number of anilines is 1. The summed E-state index contributed by atoms with van der Waals surface area (Å²) in [5.74, 6) is 0. The molecule has 0 spiro atoms. The standard InChI is InChI=1S/C17H23N3/c1-4-20(14-16-9-11-18-12-10-16)13-15-5-7-17(8-6-15)19(2)3/h5-12H,4,13-14H2,1-3H3. The topological polar surface area (TPSA) is 19.4 Å². The Morgan fingerprint density at radius 3 is 1.90 bits per heavy atom. The van der Waals surface area contributed by atoms with Crippen LogP contribution in [0.25, 0.3) is 0 Å². The van der Waals surface area contributed by atoms with Gasteiger partial charge in [-0.3, -0.25) is 9.88 Å². The van der Waals surface area contributed by atoms with E-state index in [-0.39, 0.29) is 0 Å². The van der Waals surface area contributed by atoms with E-state index in [1.54, 1.807) is 0 Å². The number of pyridine rings is 1. The van der Waals surface area contributed by atoms with Gasteiger partial charge >= 0.3 is 0 Å². The maximum absolute atomic E-state index is 4.07. The highest BCUT2D eigenvalue weighted by atomic mass is 15.1. The molecule has 2 aromatic rings. The molecule has 0 fully saturated rings. The highest BCUT2D eigenvalue weighted by Crippen LogP contribution is 2.14. The summed E-state index contributed by atoms with van der Waals surface area (Å²) in [7, 11) is 4.13. The quantitative estimate of drug-likeness (QED) is 0.803. The zero-order valence-electron chi connectivity index (χ0n) is 12.6. The van der Waals surface area contributed by atoms with Crippen molar-refractivity contribution in [2.24, 2.45) is 0 Å². The summed E-state index contributed by atoms with van der Waals surface area (Å²) in [5.41, 5.74) is 3.91. The molecule has 1 heterocycles. The van der Waals surface area contributed by atoms with Gasteiger partial charge in [-0.25, -0.2) is 0 Å². The third-order valence-electron chi connectivity index (χ3n) is 3.46. The molecule has 0 aliphatic heterocycles. The van der Waals surface area contributed by atoms with Gasteiger partial charge in [0, 0.05) is 45.3 Å². The first-order chi connectivity index (χ1) is 9.69. The third-order valence-corrected chi connectivity index (χ3v) is 3.46. The van der Waals surface area contributed by atoms with Gasteiger partial charge in [0.2, 0.25) is 0 Å². The number of hydrogen-bond acceptors (Lipinski definition) is 3. The second-order valence-electron chi connectivity index (χ2n) is 5.22. The van der Waals surface area contributed by atoms with E-state index >= 15 is 0 Å². The van der Waals surface area contributed by atoms with Crippen molar-refractivity contribution >= 4 is 5.69 Å². The maximum atomic E-state index is 4.07. The second-order valence-corrected chi connectivity index (χ2v) is 5.22. The number of benzene rings is 1. The van der Waals surface area contributed by atoms with E-state index in [2.05, 4.69) is 72.2 Å². The minimum atomic E-state index is 0.967. The van der Waals surface area contributed by atoms with Gasteiger partial charge in [0.1, 0.15) is 0 Å². The molecule has 20 heavy (non-hydrogen) atoms. The molecule has 0 radical (unpaired) electrons. The van der Waals surface area contributed by atoms with Crippen LogP contribution >= 0.6 is 0 Å². The Bertz CT molecular complexity index is 506. The lowest BCUT2D eigenvalue weighted by Gasteiger charge is -2.21.